The molecule has 1 aliphatic heterocycles. The van der Waals surface area contributed by atoms with Crippen molar-refractivity contribution >= 4 is 12.0 Å². The molecule has 0 amide bonds. The second-order valence-corrected chi connectivity index (χ2v) is 3.57. The molecule has 80 valence electrons. The number of hydrogen-bond donors (Lipinski definition) is 2. The molecule has 0 radical (unpaired) electrons. The van der Waals surface area contributed by atoms with Crippen molar-refractivity contribution in [3.8, 4) is 5.75 Å². The van der Waals surface area contributed by atoms with Gasteiger partial charge >= 0.3 is 0 Å². The van der Waals surface area contributed by atoms with Crippen molar-refractivity contribution in [3.63, 3.8) is 0 Å². The number of hydrogen-bond acceptors (Lipinski definition) is 4. The number of rotatable bonds is 3. The van der Waals surface area contributed by atoms with Crippen molar-refractivity contribution in [1.29, 1.82) is 0 Å². The molecule has 0 bridgehead atoms. The van der Waals surface area contributed by atoms with Gasteiger partial charge in [-0.15, -0.1) is 0 Å². The summed E-state index contributed by atoms with van der Waals surface area (Å²) >= 11 is 0. The Hall–Kier alpha value is -1.55. The zero-order valence-electron chi connectivity index (χ0n) is 8.43. The SMILES string of the molecule is COc1ccc2c(c1)NCC2C(O)C=O. The third-order valence-electron chi connectivity index (χ3n) is 2.72. The van der Waals surface area contributed by atoms with Gasteiger partial charge in [-0.1, -0.05) is 6.07 Å². The van der Waals surface area contributed by atoms with Crippen LogP contribution < -0.4 is 10.1 Å². The normalized spacial score (nSPS) is 20.3. The highest BCUT2D eigenvalue weighted by Crippen LogP contribution is 2.35. The molecule has 2 atom stereocenters. The topological polar surface area (TPSA) is 58.6 Å². The highest BCUT2D eigenvalue weighted by Gasteiger charge is 2.28. The third-order valence-corrected chi connectivity index (χ3v) is 2.72. The van der Waals surface area contributed by atoms with Gasteiger partial charge in [0.1, 0.15) is 18.1 Å². The summed E-state index contributed by atoms with van der Waals surface area (Å²) in [4.78, 5) is 10.5. The summed E-state index contributed by atoms with van der Waals surface area (Å²) in [6.45, 7) is 0.586. The van der Waals surface area contributed by atoms with Crippen molar-refractivity contribution in [2.75, 3.05) is 19.0 Å². The van der Waals surface area contributed by atoms with Gasteiger partial charge in [-0.05, 0) is 11.6 Å². The lowest BCUT2D eigenvalue weighted by Gasteiger charge is -2.12. The van der Waals surface area contributed by atoms with E-state index in [0.29, 0.717) is 12.8 Å². The quantitative estimate of drug-likeness (QED) is 0.718. The first-order valence-electron chi connectivity index (χ1n) is 4.81. The Labute approximate surface area is 87.9 Å². The van der Waals surface area contributed by atoms with Crippen LogP contribution in [0.3, 0.4) is 0 Å². The standard InChI is InChI=1S/C11H13NO3/c1-15-7-2-3-8-9(11(14)6-13)5-12-10(8)4-7/h2-4,6,9,11-12,14H,5H2,1H3. The lowest BCUT2D eigenvalue weighted by molar-refractivity contribution is -0.115. The minimum atomic E-state index is -0.938. The molecule has 15 heavy (non-hydrogen) atoms. The van der Waals surface area contributed by atoms with E-state index in [1.54, 1.807) is 7.11 Å². The minimum Gasteiger partial charge on any atom is -0.497 e. The summed E-state index contributed by atoms with van der Waals surface area (Å²) in [6, 6.07) is 5.58. The fraction of sp³-hybridized carbons (Fsp3) is 0.364. The molecule has 1 aromatic rings. The van der Waals surface area contributed by atoms with Crippen LogP contribution in [0.4, 0.5) is 5.69 Å². The van der Waals surface area contributed by atoms with Gasteiger partial charge in [0.2, 0.25) is 0 Å². The van der Waals surface area contributed by atoms with E-state index in [2.05, 4.69) is 5.32 Å². The van der Waals surface area contributed by atoms with Gasteiger partial charge in [-0.25, -0.2) is 0 Å². The number of aliphatic hydroxyl groups excluding tert-OH is 1. The third kappa shape index (κ3) is 1.68. The van der Waals surface area contributed by atoms with Gasteiger partial charge in [0.25, 0.3) is 0 Å². The Morgan fingerprint density at radius 2 is 2.47 bits per heavy atom. The maximum atomic E-state index is 10.5. The van der Waals surface area contributed by atoms with Crippen molar-refractivity contribution in [2.24, 2.45) is 0 Å². The first kappa shape index (κ1) is 9.98. The van der Waals surface area contributed by atoms with Gasteiger partial charge < -0.3 is 20.0 Å². The number of methoxy groups -OCH3 is 1. The molecule has 1 heterocycles. The van der Waals surface area contributed by atoms with E-state index in [1.165, 1.54) is 0 Å². The van der Waals surface area contributed by atoms with Crippen LogP contribution in [0.5, 0.6) is 5.75 Å². The van der Waals surface area contributed by atoms with Gasteiger partial charge in [0.05, 0.1) is 7.11 Å². The molecule has 2 unspecified atom stereocenters. The van der Waals surface area contributed by atoms with E-state index in [-0.39, 0.29) is 5.92 Å². The average molecular weight is 207 g/mol. The molecule has 4 heteroatoms. The maximum absolute atomic E-state index is 10.5. The highest BCUT2D eigenvalue weighted by molar-refractivity contribution is 5.66. The second kappa shape index (κ2) is 3.90. The van der Waals surface area contributed by atoms with Crippen molar-refractivity contribution < 1.29 is 14.6 Å². The Balaban J connectivity index is 2.31. The number of carbonyl (C=O) groups is 1. The monoisotopic (exact) mass is 207 g/mol. The molecular formula is C11H13NO3. The van der Waals surface area contributed by atoms with E-state index in [9.17, 15) is 9.90 Å². The van der Waals surface area contributed by atoms with Gasteiger partial charge in [0, 0.05) is 24.2 Å². The minimum absolute atomic E-state index is 0.150. The molecule has 0 fully saturated rings. The van der Waals surface area contributed by atoms with Crippen LogP contribution in [-0.4, -0.2) is 31.2 Å². The van der Waals surface area contributed by atoms with Gasteiger partial charge in [-0.2, -0.15) is 0 Å². The number of carbonyl (C=O) groups excluding carboxylic acids is 1. The summed E-state index contributed by atoms with van der Waals surface area (Å²) in [6.07, 6.45) is -0.363. The largest absolute Gasteiger partial charge is 0.497 e. The number of aldehydes is 1. The van der Waals surface area contributed by atoms with E-state index >= 15 is 0 Å². The number of ether oxygens (including phenoxy) is 1. The maximum Gasteiger partial charge on any atom is 0.149 e. The number of anilines is 1. The molecule has 0 aliphatic carbocycles. The van der Waals surface area contributed by atoms with Crippen molar-refractivity contribution in [2.45, 2.75) is 12.0 Å². The Morgan fingerprint density at radius 3 is 3.13 bits per heavy atom. The van der Waals surface area contributed by atoms with E-state index in [0.717, 1.165) is 17.0 Å². The molecule has 2 N–H and O–H groups in total. The van der Waals surface area contributed by atoms with E-state index < -0.39 is 6.10 Å². The predicted octanol–water partition coefficient (Wildman–Crippen LogP) is 0.764. The molecule has 4 nitrogen and oxygen atoms in total. The molecule has 1 aliphatic rings. The number of aliphatic hydroxyl groups is 1. The van der Waals surface area contributed by atoms with Crippen LogP contribution in [0.15, 0.2) is 18.2 Å². The highest BCUT2D eigenvalue weighted by atomic mass is 16.5. The van der Waals surface area contributed by atoms with Crippen LogP contribution in [0, 0.1) is 0 Å². The molecule has 0 aromatic heterocycles. The van der Waals surface area contributed by atoms with Crippen LogP contribution in [0.1, 0.15) is 11.5 Å². The van der Waals surface area contributed by atoms with E-state index in [4.69, 9.17) is 4.74 Å². The molecule has 0 saturated heterocycles. The molecule has 0 spiro atoms. The Morgan fingerprint density at radius 1 is 1.67 bits per heavy atom. The number of fused-ring (bicyclic) bond motifs is 1. The van der Waals surface area contributed by atoms with Crippen molar-refractivity contribution in [3.05, 3.63) is 23.8 Å². The number of benzene rings is 1. The fourth-order valence-corrected chi connectivity index (χ4v) is 1.87. The Kier molecular flexibility index (Phi) is 2.60. The van der Waals surface area contributed by atoms with E-state index in [1.807, 2.05) is 18.2 Å². The fourth-order valence-electron chi connectivity index (χ4n) is 1.87. The number of nitrogens with one attached hydrogen (secondary N) is 1. The molecule has 0 saturated carbocycles. The molecular weight excluding hydrogens is 194 g/mol. The lowest BCUT2D eigenvalue weighted by Crippen LogP contribution is -2.21. The first-order valence-corrected chi connectivity index (χ1v) is 4.81. The van der Waals surface area contributed by atoms with Crippen LogP contribution in [0.25, 0.3) is 0 Å². The second-order valence-electron chi connectivity index (χ2n) is 3.57. The zero-order chi connectivity index (χ0) is 10.8. The van der Waals surface area contributed by atoms with Gasteiger partial charge in [-0.3, -0.25) is 0 Å². The summed E-state index contributed by atoms with van der Waals surface area (Å²) in [5, 5.41) is 12.6. The van der Waals surface area contributed by atoms with Crippen LogP contribution in [-0.2, 0) is 4.79 Å². The Bertz CT molecular complexity index is 378. The predicted molar refractivity (Wildman–Crippen MR) is 56.3 cm³/mol. The molecule has 1 aromatic carbocycles. The smallest absolute Gasteiger partial charge is 0.149 e. The summed E-state index contributed by atoms with van der Waals surface area (Å²) in [5.74, 6) is 0.617. The van der Waals surface area contributed by atoms with Crippen LogP contribution in [0.2, 0.25) is 0 Å². The van der Waals surface area contributed by atoms with Gasteiger partial charge in [0.15, 0.2) is 0 Å². The lowest BCUT2D eigenvalue weighted by atomic mass is 9.96. The zero-order valence-corrected chi connectivity index (χ0v) is 8.43. The summed E-state index contributed by atoms with van der Waals surface area (Å²) in [5.41, 5.74) is 1.90. The summed E-state index contributed by atoms with van der Waals surface area (Å²) < 4.78 is 5.09. The molecule has 2 rings (SSSR count). The van der Waals surface area contributed by atoms with Crippen LogP contribution >= 0.6 is 0 Å². The first-order chi connectivity index (χ1) is 7.26. The summed E-state index contributed by atoms with van der Waals surface area (Å²) in [7, 11) is 1.61. The average Bonchev–Trinajstić information content (AvgIpc) is 2.70. The van der Waals surface area contributed by atoms with Crippen molar-refractivity contribution in [1.82, 2.24) is 0 Å².